The molecule has 0 atom stereocenters. The lowest BCUT2D eigenvalue weighted by atomic mass is 10.0. The summed E-state index contributed by atoms with van der Waals surface area (Å²) in [7, 11) is 0. The van der Waals surface area contributed by atoms with Gasteiger partial charge in [-0.1, -0.05) is 0 Å². The number of rotatable bonds is 5. The number of aryl methyl sites for hydroxylation is 2. The van der Waals surface area contributed by atoms with Crippen molar-refractivity contribution < 1.29 is 23.4 Å². The summed E-state index contributed by atoms with van der Waals surface area (Å²) in [5.74, 6) is -0.386. The van der Waals surface area contributed by atoms with Crippen molar-refractivity contribution in [1.29, 1.82) is 0 Å². The third-order valence-electron chi connectivity index (χ3n) is 4.05. The quantitative estimate of drug-likeness (QED) is 0.624. The number of phenols is 1. The van der Waals surface area contributed by atoms with Crippen LogP contribution in [0.25, 0.3) is 11.3 Å². The van der Waals surface area contributed by atoms with Gasteiger partial charge in [0.25, 0.3) is 5.91 Å². The number of benzene rings is 2. The van der Waals surface area contributed by atoms with Gasteiger partial charge in [-0.25, -0.2) is 0 Å². The molecule has 6 nitrogen and oxygen atoms in total. The Kier molecular flexibility index (Phi) is 5.07. The number of nitrogens with one attached hydrogen (secondary N) is 2. The van der Waals surface area contributed by atoms with Gasteiger partial charge in [0.15, 0.2) is 0 Å². The monoisotopic (exact) mass is 373 g/mol. The molecule has 8 heteroatoms. The number of aromatic hydroxyl groups is 1. The highest BCUT2D eigenvalue weighted by Gasteiger charge is 2.15. The van der Waals surface area contributed by atoms with Crippen molar-refractivity contribution in [2.45, 2.75) is 20.5 Å². The molecule has 0 unspecified atom stereocenters. The Labute approximate surface area is 153 Å². The largest absolute Gasteiger partial charge is 0.507 e. The van der Waals surface area contributed by atoms with Crippen LogP contribution in [0.15, 0.2) is 42.5 Å². The van der Waals surface area contributed by atoms with E-state index in [-0.39, 0.29) is 17.2 Å². The molecule has 1 aromatic heterocycles. The number of anilines is 1. The Bertz CT molecular complexity index is 969. The van der Waals surface area contributed by atoms with Crippen molar-refractivity contribution in [2.24, 2.45) is 0 Å². The van der Waals surface area contributed by atoms with E-state index in [1.807, 2.05) is 13.8 Å². The average molecular weight is 373 g/mol. The molecule has 3 rings (SSSR count). The third-order valence-corrected chi connectivity index (χ3v) is 4.05. The van der Waals surface area contributed by atoms with Crippen LogP contribution in [0.5, 0.6) is 11.5 Å². The molecule has 1 heterocycles. The van der Waals surface area contributed by atoms with Gasteiger partial charge in [0.05, 0.1) is 5.69 Å². The number of carbonyl (C=O) groups excluding carboxylic acids is 1. The number of amides is 1. The minimum atomic E-state index is -2.91. The first-order valence-electron chi connectivity index (χ1n) is 8.05. The highest BCUT2D eigenvalue weighted by atomic mass is 19.3. The number of ether oxygens (including phenoxy) is 1. The van der Waals surface area contributed by atoms with Gasteiger partial charge in [-0.15, -0.1) is 0 Å². The highest BCUT2D eigenvalue weighted by Crippen LogP contribution is 2.31. The zero-order valence-corrected chi connectivity index (χ0v) is 14.6. The molecule has 0 aliphatic heterocycles. The molecule has 0 saturated carbocycles. The molecule has 0 fully saturated rings. The minimum absolute atomic E-state index is 0.00274. The SMILES string of the molecule is Cc1cc(O)c(-c2cc(C(=O)Nc3ccc(OC(F)F)cc3)[nH]n2)cc1C. The average Bonchev–Trinajstić information content (AvgIpc) is 3.09. The molecular formula is C19H17F2N3O3. The molecule has 0 aliphatic rings. The summed E-state index contributed by atoms with van der Waals surface area (Å²) in [6.07, 6.45) is 0. The molecule has 27 heavy (non-hydrogen) atoms. The molecule has 0 radical (unpaired) electrons. The van der Waals surface area contributed by atoms with Crippen LogP contribution in [0.1, 0.15) is 21.6 Å². The first kappa shape index (κ1) is 18.4. The Morgan fingerprint density at radius 2 is 1.81 bits per heavy atom. The highest BCUT2D eigenvalue weighted by molar-refractivity contribution is 6.03. The molecule has 1 amide bonds. The first-order valence-corrected chi connectivity index (χ1v) is 8.05. The zero-order chi connectivity index (χ0) is 19.6. The van der Waals surface area contributed by atoms with Gasteiger partial charge in [-0.3, -0.25) is 9.89 Å². The third kappa shape index (κ3) is 4.22. The lowest BCUT2D eigenvalue weighted by molar-refractivity contribution is -0.0498. The molecule has 140 valence electrons. The first-order chi connectivity index (χ1) is 12.8. The molecule has 0 spiro atoms. The Morgan fingerprint density at radius 3 is 2.48 bits per heavy atom. The van der Waals surface area contributed by atoms with Gasteiger partial charge < -0.3 is 15.2 Å². The van der Waals surface area contributed by atoms with E-state index < -0.39 is 12.5 Å². The van der Waals surface area contributed by atoms with Gasteiger partial charge in [0.1, 0.15) is 17.2 Å². The summed E-state index contributed by atoms with van der Waals surface area (Å²) >= 11 is 0. The van der Waals surface area contributed by atoms with Crippen molar-refractivity contribution in [3.05, 3.63) is 59.3 Å². The summed E-state index contributed by atoms with van der Waals surface area (Å²) < 4.78 is 28.6. The van der Waals surface area contributed by atoms with Gasteiger partial charge in [0, 0.05) is 11.3 Å². The van der Waals surface area contributed by atoms with E-state index in [0.29, 0.717) is 16.9 Å². The van der Waals surface area contributed by atoms with Crippen LogP contribution in [0, 0.1) is 13.8 Å². The molecule has 2 aromatic carbocycles. The maximum Gasteiger partial charge on any atom is 0.387 e. The minimum Gasteiger partial charge on any atom is -0.507 e. The second-order valence-corrected chi connectivity index (χ2v) is 5.98. The predicted molar refractivity (Wildman–Crippen MR) is 96.2 cm³/mol. The Morgan fingerprint density at radius 1 is 1.15 bits per heavy atom. The van der Waals surface area contributed by atoms with Crippen molar-refractivity contribution in [1.82, 2.24) is 10.2 Å². The number of hydrogen-bond acceptors (Lipinski definition) is 4. The number of halogens is 2. The standard InChI is InChI=1S/C19H17F2N3O3/c1-10-7-14(17(25)8-11(10)2)15-9-16(24-23-15)18(26)22-12-3-5-13(6-4-12)27-19(20)21/h3-9,19,25H,1-2H3,(H,22,26)(H,23,24). The smallest absolute Gasteiger partial charge is 0.387 e. The van der Waals surface area contributed by atoms with Crippen molar-refractivity contribution in [3.8, 4) is 22.8 Å². The number of nitrogens with zero attached hydrogens (tertiary/aromatic N) is 1. The number of hydrogen-bond donors (Lipinski definition) is 3. The predicted octanol–water partition coefficient (Wildman–Crippen LogP) is 4.25. The Hall–Kier alpha value is -3.42. The maximum absolute atomic E-state index is 12.3. The van der Waals surface area contributed by atoms with Crippen molar-refractivity contribution in [2.75, 3.05) is 5.32 Å². The van der Waals surface area contributed by atoms with Gasteiger partial charge in [-0.2, -0.15) is 13.9 Å². The Balaban J connectivity index is 1.74. The summed E-state index contributed by atoms with van der Waals surface area (Å²) in [6, 6.07) is 10.5. The van der Waals surface area contributed by atoms with Crippen LogP contribution in [0.4, 0.5) is 14.5 Å². The van der Waals surface area contributed by atoms with E-state index in [4.69, 9.17) is 0 Å². The second-order valence-electron chi connectivity index (χ2n) is 5.98. The van der Waals surface area contributed by atoms with Gasteiger partial charge >= 0.3 is 6.61 Å². The fourth-order valence-electron chi connectivity index (χ4n) is 2.50. The normalized spacial score (nSPS) is 10.9. The molecule has 3 aromatic rings. The van der Waals surface area contributed by atoms with E-state index in [2.05, 4.69) is 20.3 Å². The summed E-state index contributed by atoms with van der Waals surface area (Å²) in [5.41, 5.74) is 3.48. The fourth-order valence-corrected chi connectivity index (χ4v) is 2.50. The van der Waals surface area contributed by atoms with Crippen molar-refractivity contribution >= 4 is 11.6 Å². The zero-order valence-electron chi connectivity index (χ0n) is 14.6. The topological polar surface area (TPSA) is 87.2 Å². The van der Waals surface area contributed by atoms with Crippen LogP contribution in [-0.2, 0) is 0 Å². The van der Waals surface area contributed by atoms with Crippen LogP contribution < -0.4 is 10.1 Å². The molecule has 0 aliphatic carbocycles. The molecule has 0 bridgehead atoms. The van der Waals surface area contributed by atoms with E-state index >= 15 is 0 Å². The van der Waals surface area contributed by atoms with Crippen LogP contribution in [0.2, 0.25) is 0 Å². The number of carbonyl (C=O) groups is 1. The maximum atomic E-state index is 12.3. The molecular weight excluding hydrogens is 356 g/mol. The van der Waals surface area contributed by atoms with Crippen LogP contribution in [-0.4, -0.2) is 27.8 Å². The number of aromatic amines is 1. The van der Waals surface area contributed by atoms with Gasteiger partial charge in [-0.05, 0) is 67.4 Å². The lowest BCUT2D eigenvalue weighted by Gasteiger charge is -2.07. The fraction of sp³-hybridized carbons (Fsp3) is 0.158. The van der Waals surface area contributed by atoms with Gasteiger partial charge in [0.2, 0.25) is 0 Å². The van der Waals surface area contributed by atoms with E-state index in [0.717, 1.165) is 11.1 Å². The van der Waals surface area contributed by atoms with Crippen molar-refractivity contribution in [3.63, 3.8) is 0 Å². The van der Waals surface area contributed by atoms with E-state index in [1.165, 1.54) is 30.3 Å². The number of H-pyrrole nitrogens is 1. The van der Waals surface area contributed by atoms with Crippen LogP contribution in [0.3, 0.4) is 0 Å². The lowest BCUT2D eigenvalue weighted by Crippen LogP contribution is -2.12. The van der Waals surface area contributed by atoms with E-state index in [1.54, 1.807) is 12.1 Å². The molecule has 3 N–H and O–H groups in total. The van der Waals surface area contributed by atoms with E-state index in [9.17, 15) is 18.7 Å². The summed E-state index contributed by atoms with van der Waals surface area (Å²) in [6.45, 7) is 0.899. The number of aromatic nitrogens is 2. The number of alkyl halides is 2. The summed E-state index contributed by atoms with van der Waals surface area (Å²) in [5, 5.41) is 19.4. The molecule has 0 saturated heterocycles. The summed E-state index contributed by atoms with van der Waals surface area (Å²) in [4.78, 5) is 12.3. The van der Waals surface area contributed by atoms with Crippen LogP contribution >= 0.6 is 0 Å². The number of phenolic OH excluding ortho intramolecular Hbond substituents is 1. The second kappa shape index (κ2) is 7.45.